The monoisotopic (exact) mass is 346 g/mol. The minimum absolute atomic E-state index is 0.196. The minimum Gasteiger partial charge on any atom is -0.314 e. The SMILES string of the molecule is CCN(CC(=O)N(C)c1ccccc1)S(=O)(=O)c1ccc(C)cc1. The fraction of sp³-hybridized carbons (Fsp3) is 0.278. The molecule has 2 rings (SSSR count). The Labute approximate surface area is 143 Å². The average Bonchev–Trinajstić information content (AvgIpc) is 2.59. The summed E-state index contributed by atoms with van der Waals surface area (Å²) in [7, 11) is -2.05. The number of rotatable bonds is 6. The first-order valence-electron chi connectivity index (χ1n) is 7.74. The Balaban J connectivity index is 2.19. The van der Waals surface area contributed by atoms with Crippen molar-refractivity contribution in [2.24, 2.45) is 0 Å². The van der Waals surface area contributed by atoms with E-state index in [4.69, 9.17) is 0 Å². The lowest BCUT2D eigenvalue weighted by atomic mass is 10.2. The maximum atomic E-state index is 12.7. The second-order valence-electron chi connectivity index (χ2n) is 5.53. The summed E-state index contributed by atoms with van der Waals surface area (Å²) < 4.78 is 26.6. The number of anilines is 1. The molecule has 0 aliphatic carbocycles. The van der Waals surface area contributed by atoms with Gasteiger partial charge in [-0.05, 0) is 31.2 Å². The highest BCUT2D eigenvalue weighted by Crippen LogP contribution is 2.17. The van der Waals surface area contributed by atoms with Crippen molar-refractivity contribution in [2.45, 2.75) is 18.7 Å². The molecule has 0 heterocycles. The van der Waals surface area contributed by atoms with E-state index in [9.17, 15) is 13.2 Å². The van der Waals surface area contributed by atoms with Crippen LogP contribution in [0.4, 0.5) is 5.69 Å². The summed E-state index contributed by atoms with van der Waals surface area (Å²) in [6.45, 7) is 3.65. The van der Waals surface area contributed by atoms with Crippen molar-refractivity contribution < 1.29 is 13.2 Å². The smallest absolute Gasteiger partial charge is 0.243 e. The van der Waals surface area contributed by atoms with E-state index < -0.39 is 10.0 Å². The third-order valence-electron chi connectivity index (χ3n) is 3.84. The Kier molecular flexibility index (Phi) is 5.75. The molecule has 0 aliphatic heterocycles. The van der Waals surface area contributed by atoms with E-state index in [0.29, 0.717) is 0 Å². The summed E-state index contributed by atoms with van der Waals surface area (Å²) in [4.78, 5) is 14.1. The van der Waals surface area contributed by atoms with Crippen LogP contribution in [0.5, 0.6) is 0 Å². The molecule has 24 heavy (non-hydrogen) atoms. The highest BCUT2D eigenvalue weighted by Gasteiger charge is 2.26. The highest BCUT2D eigenvalue weighted by atomic mass is 32.2. The minimum atomic E-state index is -3.69. The number of aryl methyl sites for hydroxylation is 1. The van der Waals surface area contributed by atoms with Crippen LogP contribution in [0, 0.1) is 6.92 Å². The van der Waals surface area contributed by atoms with Crippen LogP contribution >= 0.6 is 0 Å². The molecule has 0 saturated heterocycles. The molecule has 6 heteroatoms. The maximum absolute atomic E-state index is 12.7. The molecule has 2 aromatic carbocycles. The Bertz CT molecular complexity index is 787. The van der Waals surface area contributed by atoms with Crippen molar-refractivity contribution in [3.8, 4) is 0 Å². The van der Waals surface area contributed by atoms with E-state index in [0.717, 1.165) is 11.3 Å². The number of benzene rings is 2. The number of nitrogens with zero attached hydrogens (tertiary/aromatic N) is 2. The molecular formula is C18H22N2O3S. The quantitative estimate of drug-likeness (QED) is 0.808. The highest BCUT2D eigenvalue weighted by molar-refractivity contribution is 7.89. The number of hydrogen-bond acceptors (Lipinski definition) is 3. The van der Waals surface area contributed by atoms with Crippen molar-refractivity contribution in [1.82, 2.24) is 4.31 Å². The van der Waals surface area contributed by atoms with Crippen molar-refractivity contribution in [1.29, 1.82) is 0 Å². The molecule has 0 bridgehead atoms. The van der Waals surface area contributed by atoms with Crippen molar-refractivity contribution in [2.75, 3.05) is 25.0 Å². The standard InChI is InChI=1S/C18H22N2O3S/c1-4-20(24(22,23)17-12-10-15(2)11-13-17)14-18(21)19(3)16-8-6-5-7-9-16/h5-13H,4,14H2,1-3H3. The fourth-order valence-electron chi connectivity index (χ4n) is 2.28. The topological polar surface area (TPSA) is 57.7 Å². The van der Waals surface area contributed by atoms with Gasteiger partial charge in [0.2, 0.25) is 15.9 Å². The number of carbonyl (C=O) groups is 1. The van der Waals surface area contributed by atoms with Gasteiger partial charge in [-0.15, -0.1) is 0 Å². The molecule has 2 aromatic rings. The van der Waals surface area contributed by atoms with Gasteiger partial charge in [-0.1, -0.05) is 42.8 Å². The van der Waals surface area contributed by atoms with Crippen LogP contribution in [0.3, 0.4) is 0 Å². The van der Waals surface area contributed by atoms with Gasteiger partial charge >= 0.3 is 0 Å². The van der Waals surface area contributed by atoms with Gasteiger partial charge in [-0.2, -0.15) is 4.31 Å². The molecule has 0 unspecified atom stereocenters. The number of para-hydroxylation sites is 1. The molecule has 0 radical (unpaired) electrons. The molecule has 0 aromatic heterocycles. The summed E-state index contributed by atoms with van der Waals surface area (Å²) in [6, 6.07) is 15.8. The van der Waals surface area contributed by atoms with E-state index in [2.05, 4.69) is 0 Å². The third kappa shape index (κ3) is 4.01. The lowest BCUT2D eigenvalue weighted by molar-refractivity contribution is -0.118. The number of hydrogen-bond donors (Lipinski definition) is 0. The van der Waals surface area contributed by atoms with Gasteiger partial charge in [0.05, 0.1) is 11.4 Å². The summed E-state index contributed by atoms with van der Waals surface area (Å²) in [5.74, 6) is -0.279. The molecule has 0 aliphatic rings. The largest absolute Gasteiger partial charge is 0.314 e. The van der Waals surface area contributed by atoms with Crippen LogP contribution in [-0.2, 0) is 14.8 Å². The van der Waals surface area contributed by atoms with Gasteiger partial charge in [0.1, 0.15) is 0 Å². The Morgan fingerprint density at radius 3 is 2.12 bits per heavy atom. The van der Waals surface area contributed by atoms with E-state index in [1.165, 1.54) is 9.21 Å². The van der Waals surface area contributed by atoms with Crippen molar-refractivity contribution in [3.63, 3.8) is 0 Å². The first kappa shape index (κ1) is 18.2. The fourth-order valence-corrected chi connectivity index (χ4v) is 3.68. The zero-order chi connectivity index (χ0) is 17.7. The van der Waals surface area contributed by atoms with Crippen LogP contribution in [0.1, 0.15) is 12.5 Å². The number of carbonyl (C=O) groups excluding carboxylic acids is 1. The Hall–Kier alpha value is -2.18. The van der Waals surface area contributed by atoms with E-state index in [1.54, 1.807) is 38.2 Å². The molecule has 0 spiro atoms. The summed E-state index contributed by atoms with van der Waals surface area (Å²) in [5, 5.41) is 0. The van der Waals surface area contributed by atoms with Gasteiger partial charge in [0.25, 0.3) is 0 Å². The van der Waals surface area contributed by atoms with Gasteiger partial charge in [0, 0.05) is 19.3 Å². The van der Waals surface area contributed by atoms with E-state index >= 15 is 0 Å². The zero-order valence-corrected chi connectivity index (χ0v) is 15.0. The molecule has 128 valence electrons. The molecular weight excluding hydrogens is 324 g/mol. The van der Waals surface area contributed by atoms with Crippen LogP contribution < -0.4 is 4.90 Å². The normalized spacial score (nSPS) is 11.5. The van der Waals surface area contributed by atoms with Crippen LogP contribution in [0.15, 0.2) is 59.5 Å². The first-order chi connectivity index (χ1) is 11.4. The van der Waals surface area contributed by atoms with Crippen LogP contribution in [0.25, 0.3) is 0 Å². The lowest BCUT2D eigenvalue weighted by Gasteiger charge is -2.24. The second-order valence-corrected chi connectivity index (χ2v) is 7.47. The van der Waals surface area contributed by atoms with Crippen molar-refractivity contribution in [3.05, 3.63) is 60.2 Å². The summed E-state index contributed by atoms with van der Waals surface area (Å²) >= 11 is 0. The second kappa shape index (κ2) is 7.59. The molecule has 0 fully saturated rings. The van der Waals surface area contributed by atoms with Gasteiger partial charge in [0.15, 0.2) is 0 Å². The molecule has 0 atom stereocenters. The van der Waals surface area contributed by atoms with Gasteiger partial charge in [-0.3, -0.25) is 4.79 Å². The average molecular weight is 346 g/mol. The predicted octanol–water partition coefficient (Wildman–Crippen LogP) is 2.67. The Morgan fingerprint density at radius 1 is 1.00 bits per heavy atom. The van der Waals surface area contributed by atoms with E-state index in [1.807, 2.05) is 37.3 Å². The van der Waals surface area contributed by atoms with Crippen molar-refractivity contribution >= 4 is 21.6 Å². The molecule has 5 nitrogen and oxygen atoms in total. The van der Waals surface area contributed by atoms with E-state index in [-0.39, 0.29) is 23.9 Å². The van der Waals surface area contributed by atoms with Gasteiger partial charge < -0.3 is 4.90 Å². The zero-order valence-electron chi connectivity index (χ0n) is 14.1. The number of likely N-dealkylation sites (N-methyl/N-ethyl adjacent to an activating group) is 2. The predicted molar refractivity (Wildman–Crippen MR) is 95.5 cm³/mol. The lowest BCUT2D eigenvalue weighted by Crippen LogP contribution is -2.41. The number of sulfonamides is 1. The molecule has 1 amide bonds. The number of amides is 1. The maximum Gasteiger partial charge on any atom is 0.243 e. The third-order valence-corrected chi connectivity index (χ3v) is 5.78. The summed E-state index contributed by atoms with van der Waals surface area (Å²) in [6.07, 6.45) is 0. The molecule has 0 saturated carbocycles. The van der Waals surface area contributed by atoms with Crippen LogP contribution in [-0.4, -0.2) is 38.8 Å². The Morgan fingerprint density at radius 2 is 1.58 bits per heavy atom. The molecule has 0 N–H and O–H groups in total. The first-order valence-corrected chi connectivity index (χ1v) is 9.18. The van der Waals surface area contributed by atoms with Gasteiger partial charge in [-0.25, -0.2) is 8.42 Å². The van der Waals surface area contributed by atoms with Crippen LogP contribution in [0.2, 0.25) is 0 Å². The summed E-state index contributed by atoms with van der Waals surface area (Å²) in [5.41, 5.74) is 1.71.